The lowest BCUT2D eigenvalue weighted by molar-refractivity contribution is -0.870. The van der Waals surface area contributed by atoms with E-state index in [2.05, 4.69) is 43.5 Å². The molecule has 9 heteroatoms. The number of phosphoric acid groups is 1. The third-order valence-electron chi connectivity index (χ3n) is 13.0. The lowest BCUT2D eigenvalue weighted by Crippen LogP contribution is -2.46. The van der Waals surface area contributed by atoms with Crippen LogP contribution >= 0.6 is 7.82 Å². The number of likely N-dealkylation sites (N-methyl/N-ethyl adjacent to an activating group) is 1. The highest BCUT2D eigenvalue weighted by Gasteiger charge is 2.28. The van der Waals surface area contributed by atoms with Crippen LogP contribution in [0.5, 0.6) is 0 Å². The van der Waals surface area contributed by atoms with Crippen LogP contribution in [0.15, 0.2) is 24.3 Å². The molecule has 3 atom stereocenters. The molecule has 0 aliphatic rings. The molecule has 0 radical (unpaired) electrons. The summed E-state index contributed by atoms with van der Waals surface area (Å²) in [5, 5.41) is 14.0. The number of hydrogen-bond acceptors (Lipinski definition) is 5. The van der Waals surface area contributed by atoms with E-state index < -0.39 is 20.0 Å². The number of aliphatic hydroxyl groups excluding tert-OH is 1. The Hall–Kier alpha value is -1.02. The van der Waals surface area contributed by atoms with Crippen molar-refractivity contribution in [2.45, 2.75) is 289 Å². The first-order chi connectivity index (χ1) is 31.5. The number of quaternary nitrogens is 1. The number of carbonyl (C=O) groups excluding carboxylic acids is 1. The fourth-order valence-electron chi connectivity index (χ4n) is 8.48. The third-order valence-corrected chi connectivity index (χ3v) is 13.9. The van der Waals surface area contributed by atoms with Crippen LogP contribution in [0.1, 0.15) is 277 Å². The lowest BCUT2D eigenvalue weighted by Gasteiger charge is -2.26. The predicted molar refractivity (Wildman–Crippen MR) is 281 cm³/mol. The number of amides is 1. The Labute approximate surface area is 404 Å². The zero-order valence-corrected chi connectivity index (χ0v) is 44.9. The molecule has 0 rings (SSSR count). The topological polar surface area (TPSA) is 105 Å². The summed E-state index contributed by atoms with van der Waals surface area (Å²) < 4.78 is 23.7. The molecule has 0 bridgehead atoms. The molecule has 8 nitrogen and oxygen atoms in total. The quantitative estimate of drug-likeness (QED) is 0.0243. The molecule has 3 unspecified atom stereocenters. The van der Waals surface area contributed by atoms with Gasteiger partial charge in [-0.2, -0.15) is 0 Å². The summed E-state index contributed by atoms with van der Waals surface area (Å²) in [6.45, 7) is 4.86. The monoisotopic (exact) mass is 940 g/mol. The van der Waals surface area contributed by atoms with E-state index in [0.29, 0.717) is 23.9 Å². The number of nitrogens with one attached hydrogen (secondary N) is 1. The van der Waals surface area contributed by atoms with Crippen molar-refractivity contribution in [2.24, 2.45) is 0 Å². The van der Waals surface area contributed by atoms with Gasteiger partial charge in [-0.1, -0.05) is 256 Å². The number of carbonyl (C=O) groups is 1. The van der Waals surface area contributed by atoms with Crippen molar-refractivity contribution in [3.63, 3.8) is 0 Å². The van der Waals surface area contributed by atoms with Gasteiger partial charge in [0, 0.05) is 6.42 Å². The van der Waals surface area contributed by atoms with E-state index >= 15 is 0 Å². The van der Waals surface area contributed by atoms with Gasteiger partial charge in [-0.15, -0.1) is 0 Å². The molecular formula is C56H112N2O6P+. The molecule has 0 spiro atoms. The van der Waals surface area contributed by atoms with Crippen LogP contribution in [-0.2, 0) is 18.4 Å². The first kappa shape index (κ1) is 64.0. The molecule has 0 aromatic carbocycles. The summed E-state index contributed by atoms with van der Waals surface area (Å²) in [4.78, 5) is 23.2. The highest BCUT2D eigenvalue weighted by atomic mass is 31.2. The van der Waals surface area contributed by atoms with Crippen LogP contribution in [0, 0.1) is 0 Å². The van der Waals surface area contributed by atoms with E-state index in [0.717, 1.165) is 64.2 Å². The Bertz CT molecular complexity index is 1110. The Balaban J connectivity index is 4.07. The van der Waals surface area contributed by atoms with Gasteiger partial charge in [0.25, 0.3) is 0 Å². The molecule has 0 fully saturated rings. The van der Waals surface area contributed by atoms with Crippen LogP contribution in [0.2, 0.25) is 0 Å². The molecule has 0 aromatic heterocycles. The predicted octanol–water partition coefficient (Wildman–Crippen LogP) is 16.8. The van der Waals surface area contributed by atoms with E-state index in [1.807, 2.05) is 21.1 Å². The zero-order valence-electron chi connectivity index (χ0n) is 44.0. The SMILES string of the molecule is CCCC/C=C\C/C=C\CCCCCCCC(=O)NC(COP(=O)(O)OCC[N+](C)(C)C)C(O)CCCCCCCCCCCCCCCCCCCCCCCCCCCCCCC. The maximum absolute atomic E-state index is 12.9. The lowest BCUT2D eigenvalue weighted by atomic mass is 10.0. The Morgan fingerprint density at radius 3 is 1.31 bits per heavy atom. The van der Waals surface area contributed by atoms with Crippen molar-refractivity contribution in [3.05, 3.63) is 24.3 Å². The molecule has 1 amide bonds. The number of aliphatic hydroxyl groups is 1. The van der Waals surface area contributed by atoms with E-state index in [1.165, 1.54) is 186 Å². The van der Waals surface area contributed by atoms with Crippen molar-refractivity contribution in [2.75, 3.05) is 40.9 Å². The molecule has 0 saturated heterocycles. The number of nitrogens with zero attached hydrogens (tertiary/aromatic N) is 1. The number of allylic oxidation sites excluding steroid dienone is 4. The molecule has 3 N–H and O–H groups in total. The maximum atomic E-state index is 12.9. The summed E-state index contributed by atoms with van der Waals surface area (Å²) in [6, 6.07) is -0.767. The normalized spacial score (nSPS) is 14.1. The van der Waals surface area contributed by atoms with Crippen molar-refractivity contribution >= 4 is 13.7 Å². The number of phosphoric ester groups is 1. The van der Waals surface area contributed by atoms with Gasteiger partial charge in [-0.25, -0.2) is 4.57 Å². The number of unbranched alkanes of at least 4 members (excludes halogenated alkanes) is 35. The van der Waals surface area contributed by atoms with Crippen molar-refractivity contribution in [1.82, 2.24) is 5.32 Å². The Kier molecular flexibility index (Phi) is 47.3. The standard InChI is InChI=1S/C56H111N2O6P/c1-6-8-10-12-14-16-18-20-22-23-24-25-26-27-28-29-30-31-32-33-34-35-36-37-39-41-43-45-47-49-55(59)54(53-64-65(61,62)63-52-51-58(3,4)5)57-56(60)50-48-46-44-42-40-38-21-19-17-15-13-11-9-7-2/h13,15,19,21,54-55,59H,6-12,14,16-18,20,22-53H2,1-5H3,(H-,57,60,61,62)/p+1/b15-13-,21-19-. The second-order valence-corrected chi connectivity index (χ2v) is 22.1. The fourth-order valence-corrected chi connectivity index (χ4v) is 9.21. The molecule has 0 heterocycles. The highest BCUT2D eigenvalue weighted by molar-refractivity contribution is 7.47. The zero-order chi connectivity index (χ0) is 47.8. The van der Waals surface area contributed by atoms with Crippen LogP contribution in [0.25, 0.3) is 0 Å². The minimum Gasteiger partial charge on any atom is -0.391 e. The van der Waals surface area contributed by atoms with E-state index in [-0.39, 0.29) is 19.1 Å². The minimum absolute atomic E-state index is 0.0727. The van der Waals surface area contributed by atoms with Crippen LogP contribution in [0.4, 0.5) is 0 Å². The summed E-state index contributed by atoms with van der Waals surface area (Å²) in [7, 11) is 1.61. The minimum atomic E-state index is -4.32. The fraction of sp³-hybridized carbons (Fsp3) is 0.911. The van der Waals surface area contributed by atoms with Crippen LogP contribution in [-0.4, -0.2) is 73.4 Å². The van der Waals surface area contributed by atoms with E-state index in [1.54, 1.807) is 0 Å². The molecule has 0 saturated carbocycles. The first-order valence-electron chi connectivity index (χ1n) is 28.2. The van der Waals surface area contributed by atoms with Crippen molar-refractivity contribution in [3.8, 4) is 0 Å². The second-order valence-electron chi connectivity index (χ2n) is 20.7. The van der Waals surface area contributed by atoms with Crippen LogP contribution < -0.4 is 5.32 Å². The van der Waals surface area contributed by atoms with Crippen LogP contribution in [0.3, 0.4) is 0 Å². The number of rotatable bonds is 52. The molecule has 386 valence electrons. The summed E-state index contributed by atoms with van der Waals surface area (Å²) >= 11 is 0. The first-order valence-corrected chi connectivity index (χ1v) is 29.7. The van der Waals surface area contributed by atoms with Gasteiger partial charge in [0.15, 0.2) is 0 Å². The van der Waals surface area contributed by atoms with Gasteiger partial charge in [0.05, 0.1) is 39.9 Å². The summed E-state index contributed by atoms with van der Waals surface area (Å²) in [6.07, 6.45) is 59.6. The Morgan fingerprint density at radius 1 is 0.523 bits per heavy atom. The molecule has 0 aromatic rings. The largest absolute Gasteiger partial charge is 0.472 e. The smallest absolute Gasteiger partial charge is 0.391 e. The maximum Gasteiger partial charge on any atom is 0.472 e. The average Bonchev–Trinajstić information content (AvgIpc) is 3.26. The van der Waals surface area contributed by atoms with Crippen molar-refractivity contribution < 1.29 is 32.9 Å². The second kappa shape index (κ2) is 48.0. The molecule has 0 aliphatic carbocycles. The molecular weight excluding hydrogens is 828 g/mol. The third kappa shape index (κ3) is 50.7. The summed E-state index contributed by atoms with van der Waals surface area (Å²) in [5.41, 5.74) is 0. The molecule has 0 aliphatic heterocycles. The van der Waals surface area contributed by atoms with Gasteiger partial charge >= 0.3 is 7.82 Å². The Morgan fingerprint density at radius 2 is 0.892 bits per heavy atom. The molecule has 65 heavy (non-hydrogen) atoms. The van der Waals surface area contributed by atoms with E-state index in [9.17, 15) is 19.4 Å². The van der Waals surface area contributed by atoms with Gasteiger partial charge < -0.3 is 19.8 Å². The average molecular weight is 940 g/mol. The van der Waals surface area contributed by atoms with Gasteiger partial charge in [-0.05, 0) is 38.5 Å². The highest BCUT2D eigenvalue weighted by Crippen LogP contribution is 2.43. The summed E-state index contributed by atoms with van der Waals surface area (Å²) in [5.74, 6) is -0.156. The van der Waals surface area contributed by atoms with Gasteiger partial charge in [0.1, 0.15) is 13.2 Å². The van der Waals surface area contributed by atoms with E-state index in [4.69, 9.17) is 9.05 Å². The van der Waals surface area contributed by atoms with Crippen molar-refractivity contribution in [1.29, 1.82) is 0 Å². The number of hydrogen-bond donors (Lipinski definition) is 3. The van der Waals surface area contributed by atoms with Gasteiger partial charge in [-0.3, -0.25) is 13.8 Å². The van der Waals surface area contributed by atoms with Gasteiger partial charge in [0.2, 0.25) is 5.91 Å².